The minimum Gasteiger partial charge on any atom is -0.344 e. The first-order chi connectivity index (χ1) is 15.8. The molecule has 1 spiro atoms. The molecule has 0 saturated heterocycles. The fourth-order valence-corrected chi connectivity index (χ4v) is 5.39. The first-order valence-electron chi connectivity index (χ1n) is 11.4. The van der Waals surface area contributed by atoms with Crippen LogP contribution in [0.4, 0.5) is 11.4 Å². The molecule has 2 unspecified atom stereocenters. The Hall–Kier alpha value is -3.66. The molecule has 4 heteroatoms. The van der Waals surface area contributed by atoms with E-state index in [0.29, 0.717) is 11.8 Å². The maximum absolute atomic E-state index is 6.92. The number of ether oxygens (including phenoxy) is 2. The van der Waals surface area contributed by atoms with Gasteiger partial charge in [0.05, 0.1) is 11.1 Å². The Balaban J connectivity index is 1.54. The Morgan fingerprint density at radius 2 is 1.53 bits per heavy atom. The molecule has 5 bridgehead atoms. The number of hydrogen-bond acceptors (Lipinski definition) is 2. The summed E-state index contributed by atoms with van der Waals surface area (Å²) in [4.78, 5) is 0. The zero-order valence-electron chi connectivity index (χ0n) is 17.7. The molecule has 5 aliphatic rings. The molecule has 0 amide bonds. The van der Waals surface area contributed by atoms with Crippen LogP contribution in [0.2, 0.25) is 0 Å². The Morgan fingerprint density at radius 3 is 2.28 bits per heavy atom. The molecular formula is C28H24N2O2+2. The monoisotopic (exact) mass is 420 g/mol. The summed E-state index contributed by atoms with van der Waals surface area (Å²) in [5.41, 5.74) is 4.27. The minimum atomic E-state index is -1.17. The third-order valence-electron chi connectivity index (χ3n) is 6.95. The van der Waals surface area contributed by atoms with E-state index in [-0.39, 0.29) is 0 Å². The first kappa shape index (κ1) is 18.0. The Bertz CT molecular complexity index is 1300. The maximum atomic E-state index is 6.92. The lowest BCUT2D eigenvalue weighted by Crippen LogP contribution is -2.58. The van der Waals surface area contributed by atoms with Gasteiger partial charge in [-0.25, -0.2) is 0 Å². The lowest BCUT2D eigenvalue weighted by molar-refractivity contribution is -0.872. The summed E-state index contributed by atoms with van der Waals surface area (Å²) in [6, 6.07) is 19.5. The molecule has 0 aromatic heterocycles. The van der Waals surface area contributed by atoms with Crippen molar-refractivity contribution in [1.82, 2.24) is 0 Å². The van der Waals surface area contributed by atoms with E-state index in [1.165, 1.54) is 0 Å². The van der Waals surface area contributed by atoms with Gasteiger partial charge in [-0.2, -0.15) is 0 Å². The van der Waals surface area contributed by atoms with Crippen molar-refractivity contribution in [3.63, 3.8) is 0 Å². The summed E-state index contributed by atoms with van der Waals surface area (Å²) >= 11 is 0. The largest absolute Gasteiger partial charge is 0.714 e. The van der Waals surface area contributed by atoms with Crippen LogP contribution in [0.3, 0.4) is 0 Å². The number of rotatable bonds is 2. The van der Waals surface area contributed by atoms with E-state index < -0.39 is 6.03 Å². The minimum absolute atomic E-state index is 0.479. The Kier molecular flexibility index (Phi) is 3.74. The number of allylic oxidation sites excluding steroid dienone is 7. The molecule has 2 aliphatic carbocycles. The number of fused-ring (bicyclic) bond motifs is 2. The molecule has 2 aromatic carbocycles. The fourth-order valence-electron chi connectivity index (χ4n) is 5.39. The summed E-state index contributed by atoms with van der Waals surface area (Å²) in [5.74, 6) is 2.88. The summed E-state index contributed by atoms with van der Waals surface area (Å²) in [6.07, 6.45) is 16.6. The Morgan fingerprint density at radius 1 is 0.812 bits per heavy atom. The topological polar surface area (TPSA) is 24.5 Å². The highest BCUT2D eigenvalue weighted by Crippen LogP contribution is 2.46. The molecule has 32 heavy (non-hydrogen) atoms. The van der Waals surface area contributed by atoms with Crippen LogP contribution < -0.4 is 0 Å². The molecule has 7 rings (SSSR count). The highest BCUT2D eigenvalue weighted by atomic mass is 16.7. The molecule has 156 valence electrons. The van der Waals surface area contributed by atoms with Gasteiger partial charge < -0.3 is 9.47 Å². The van der Waals surface area contributed by atoms with Gasteiger partial charge in [0.2, 0.25) is 11.4 Å². The third-order valence-corrected chi connectivity index (χ3v) is 6.95. The van der Waals surface area contributed by atoms with Crippen LogP contribution in [0.5, 0.6) is 0 Å². The van der Waals surface area contributed by atoms with Crippen molar-refractivity contribution in [2.24, 2.45) is 11.8 Å². The van der Waals surface area contributed by atoms with E-state index in [1.54, 1.807) is 0 Å². The van der Waals surface area contributed by atoms with Crippen LogP contribution >= 0.6 is 0 Å². The van der Waals surface area contributed by atoms with Crippen molar-refractivity contribution in [2.45, 2.75) is 25.3 Å². The molecule has 3 aliphatic heterocycles. The van der Waals surface area contributed by atoms with Crippen LogP contribution in [0.15, 0.2) is 108 Å². The summed E-state index contributed by atoms with van der Waals surface area (Å²) < 4.78 is 18.1. The van der Waals surface area contributed by atoms with Crippen LogP contribution in [0.1, 0.15) is 19.3 Å². The molecule has 0 saturated carbocycles. The number of hydrogen-bond donors (Lipinski definition) is 0. The predicted molar refractivity (Wildman–Crippen MR) is 123 cm³/mol. The average molecular weight is 421 g/mol. The lowest BCUT2D eigenvalue weighted by atomic mass is 9.82. The molecule has 4 nitrogen and oxygen atoms in total. The zero-order valence-corrected chi connectivity index (χ0v) is 17.7. The second kappa shape index (κ2) is 6.67. The summed E-state index contributed by atoms with van der Waals surface area (Å²) in [7, 11) is 0. The number of nitrogens with zero attached hydrogens (tertiary/aromatic N) is 2. The predicted octanol–water partition coefficient (Wildman–Crippen LogP) is 5.55. The van der Waals surface area contributed by atoms with Crippen molar-refractivity contribution < 1.29 is 18.6 Å². The number of para-hydroxylation sites is 2. The van der Waals surface area contributed by atoms with Gasteiger partial charge in [-0.15, -0.1) is 0 Å². The van der Waals surface area contributed by atoms with Gasteiger partial charge in [-0.1, -0.05) is 57.7 Å². The zero-order chi connectivity index (χ0) is 21.1. The Labute approximate surface area is 187 Å². The van der Waals surface area contributed by atoms with E-state index in [1.807, 2.05) is 12.1 Å². The van der Waals surface area contributed by atoms with Crippen LogP contribution in [-0.2, 0) is 9.47 Å². The average Bonchev–Trinajstić information content (AvgIpc) is 2.84. The second-order valence-electron chi connectivity index (χ2n) is 9.05. The van der Waals surface area contributed by atoms with E-state index in [2.05, 4.69) is 94.4 Å². The molecule has 2 aromatic rings. The van der Waals surface area contributed by atoms with Gasteiger partial charge in [0, 0.05) is 30.7 Å². The SMILES string of the molecule is C1=CC2CC3=C1C=[N+](c1ccccc1)[C@@]1(OC4=CC(CC=C4C=[N+]1c1ccccc1)C2)O3. The molecule has 0 radical (unpaired) electrons. The van der Waals surface area contributed by atoms with Gasteiger partial charge in [0.1, 0.15) is 11.5 Å². The smallest absolute Gasteiger partial charge is 0.344 e. The van der Waals surface area contributed by atoms with E-state index in [0.717, 1.165) is 53.3 Å². The van der Waals surface area contributed by atoms with Crippen LogP contribution in [0, 0.1) is 11.8 Å². The van der Waals surface area contributed by atoms with Gasteiger partial charge in [-0.05, 0) is 36.8 Å². The van der Waals surface area contributed by atoms with E-state index >= 15 is 0 Å². The van der Waals surface area contributed by atoms with Crippen LogP contribution in [-0.4, -0.2) is 27.6 Å². The summed E-state index contributed by atoms with van der Waals surface area (Å²) in [6.45, 7) is 0. The molecule has 0 N–H and O–H groups in total. The first-order valence-corrected chi connectivity index (χ1v) is 11.4. The molecule has 3 atom stereocenters. The fraction of sp³-hybridized carbons (Fsp3) is 0.214. The van der Waals surface area contributed by atoms with Crippen molar-refractivity contribution in [2.75, 3.05) is 0 Å². The van der Waals surface area contributed by atoms with Gasteiger partial charge in [-0.3, -0.25) is 0 Å². The van der Waals surface area contributed by atoms with Crippen molar-refractivity contribution in [1.29, 1.82) is 0 Å². The van der Waals surface area contributed by atoms with Gasteiger partial charge in [0.15, 0.2) is 12.4 Å². The van der Waals surface area contributed by atoms with Crippen LogP contribution in [0.25, 0.3) is 0 Å². The lowest BCUT2D eigenvalue weighted by Gasteiger charge is -2.37. The van der Waals surface area contributed by atoms with Crippen molar-refractivity contribution in [3.8, 4) is 0 Å². The second-order valence-corrected chi connectivity index (χ2v) is 9.05. The van der Waals surface area contributed by atoms with Gasteiger partial charge >= 0.3 is 6.03 Å². The third kappa shape index (κ3) is 2.62. The highest BCUT2D eigenvalue weighted by Gasteiger charge is 2.67. The van der Waals surface area contributed by atoms with E-state index in [4.69, 9.17) is 9.47 Å². The van der Waals surface area contributed by atoms with Crippen molar-refractivity contribution >= 4 is 23.8 Å². The molecule has 3 heterocycles. The normalized spacial score (nSPS) is 29.4. The quantitative estimate of drug-likeness (QED) is 0.595. The molecule has 0 fully saturated rings. The van der Waals surface area contributed by atoms with Gasteiger partial charge in [0.25, 0.3) is 0 Å². The summed E-state index contributed by atoms with van der Waals surface area (Å²) in [5, 5.41) is 0. The number of benzene rings is 2. The molecular weight excluding hydrogens is 396 g/mol. The van der Waals surface area contributed by atoms with E-state index in [9.17, 15) is 0 Å². The van der Waals surface area contributed by atoms with Crippen molar-refractivity contribution in [3.05, 3.63) is 108 Å². The maximum Gasteiger partial charge on any atom is 0.714 e. The highest BCUT2D eigenvalue weighted by molar-refractivity contribution is 5.83. The standard InChI is InChI=1S/C28H24N2O2/c1-3-7-24(8-4-1)29-18-22-13-11-20-15-21-12-14-23-19-30(25-9-5-2-6-10-25)28(29,31-26(22)16-20)32-27(23)17-21/h1-11,13-14,17-21H,12,15-16H2/q+2/t20?,21?,28-/m0/s1.